The summed E-state index contributed by atoms with van der Waals surface area (Å²) >= 11 is 0. The zero-order valence-electron chi connectivity index (χ0n) is 19.8. The molecule has 4 rings (SSSR count). The van der Waals surface area contributed by atoms with Crippen molar-refractivity contribution in [2.45, 2.75) is 38.6 Å². The van der Waals surface area contributed by atoms with E-state index in [1.165, 1.54) is 6.20 Å². The molecule has 3 N–H and O–H groups in total. The number of primary amides is 1. The molecule has 1 aromatic heterocycles. The fraction of sp³-hybridized carbons (Fsp3) is 0.440. The quantitative estimate of drug-likeness (QED) is 0.680. The van der Waals surface area contributed by atoms with E-state index in [-0.39, 0.29) is 17.9 Å². The number of pyridine rings is 1. The van der Waals surface area contributed by atoms with Gasteiger partial charge in [0.1, 0.15) is 5.82 Å². The summed E-state index contributed by atoms with van der Waals surface area (Å²) in [5.41, 5.74) is 8.08. The monoisotopic (exact) mass is 464 g/mol. The number of likely N-dealkylation sites (tertiary alicyclic amines) is 2. The second kappa shape index (κ2) is 10.1. The molecule has 9 heteroatoms. The van der Waals surface area contributed by atoms with Crippen molar-refractivity contribution in [1.82, 2.24) is 14.8 Å². The molecule has 0 aliphatic carbocycles. The first-order chi connectivity index (χ1) is 16.3. The summed E-state index contributed by atoms with van der Waals surface area (Å²) < 4.78 is 0. The summed E-state index contributed by atoms with van der Waals surface area (Å²) in [6, 6.07) is 9.20. The minimum Gasteiger partial charge on any atom is -0.369 e. The van der Waals surface area contributed by atoms with Gasteiger partial charge in [-0.05, 0) is 49.9 Å². The van der Waals surface area contributed by atoms with E-state index in [0.717, 1.165) is 51.0 Å². The van der Waals surface area contributed by atoms with Crippen molar-refractivity contribution >= 4 is 34.9 Å². The Labute approximate surface area is 199 Å². The summed E-state index contributed by atoms with van der Waals surface area (Å²) in [5.74, 6) is 0.121. The molecule has 0 unspecified atom stereocenters. The van der Waals surface area contributed by atoms with Crippen molar-refractivity contribution in [3.8, 4) is 0 Å². The molecule has 9 nitrogen and oxygen atoms in total. The Morgan fingerprint density at radius 2 is 1.74 bits per heavy atom. The fourth-order valence-corrected chi connectivity index (χ4v) is 4.70. The average molecular weight is 465 g/mol. The number of piperidine rings is 1. The maximum atomic E-state index is 12.6. The van der Waals surface area contributed by atoms with Gasteiger partial charge in [0.05, 0.1) is 11.3 Å². The number of nitrogens with zero attached hydrogens (tertiary/aromatic N) is 4. The Hall–Kier alpha value is -3.62. The van der Waals surface area contributed by atoms with E-state index < -0.39 is 5.91 Å². The third kappa shape index (κ3) is 5.13. The van der Waals surface area contributed by atoms with E-state index in [1.54, 1.807) is 13.0 Å². The van der Waals surface area contributed by atoms with Crippen LogP contribution in [-0.4, -0.2) is 71.8 Å². The number of amides is 3. The number of likely N-dealkylation sites (N-methyl/N-ethyl adjacent to an activating group) is 1. The Morgan fingerprint density at radius 1 is 1.06 bits per heavy atom. The van der Waals surface area contributed by atoms with Crippen LogP contribution in [-0.2, 0) is 4.79 Å². The molecular weight excluding hydrogens is 432 g/mol. The number of benzene rings is 1. The van der Waals surface area contributed by atoms with Crippen LogP contribution in [0.4, 0.5) is 17.2 Å². The van der Waals surface area contributed by atoms with E-state index in [1.807, 2.05) is 46.0 Å². The van der Waals surface area contributed by atoms with E-state index in [0.29, 0.717) is 29.2 Å². The number of aromatic nitrogens is 1. The van der Waals surface area contributed by atoms with Gasteiger partial charge in [-0.1, -0.05) is 0 Å². The minimum absolute atomic E-state index is 0.0527. The third-order valence-corrected chi connectivity index (χ3v) is 6.71. The van der Waals surface area contributed by atoms with Crippen molar-refractivity contribution < 1.29 is 14.4 Å². The Bertz CT molecular complexity index is 1060. The normalized spacial score (nSPS) is 18.0. The van der Waals surface area contributed by atoms with Crippen LogP contribution in [0.2, 0.25) is 0 Å². The highest BCUT2D eigenvalue weighted by Gasteiger charge is 2.27. The number of rotatable bonds is 6. The molecule has 1 atom stereocenters. The van der Waals surface area contributed by atoms with Gasteiger partial charge in [0.15, 0.2) is 0 Å². The van der Waals surface area contributed by atoms with Gasteiger partial charge in [0, 0.05) is 69.7 Å². The Morgan fingerprint density at radius 3 is 2.38 bits per heavy atom. The molecule has 3 heterocycles. The highest BCUT2D eigenvalue weighted by Crippen LogP contribution is 2.28. The van der Waals surface area contributed by atoms with Crippen LogP contribution in [0.3, 0.4) is 0 Å². The van der Waals surface area contributed by atoms with Crippen LogP contribution >= 0.6 is 0 Å². The zero-order valence-corrected chi connectivity index (χ0v) is 19.8. The standard InChI is InChI=1S/C25H32N6O3/c1-17(32)31-13-5-6-20(16-31)29(2)22-14-23(27-15-21(22)24(26)33)28-19-9-7-18(8-10-19)25(34)30-11-3-4-12-30/h7-10,14-15,20H,3-6,11-13,16H2,1-2H3,(H2,26,33)(H,27,28)/t20-/m1/s1. The summed E-state index contributed by atoms with van der Waals surface area (Å²) in [6.45, 7) is 4.56. The molecule has 0 bridgehead atoms. The van der Waals surface area contributed by atoms with Gasteiger partial charge in [-0.2, -0.15) is 0 Å². The molecular formula is C25H32N6O3. The molecule has 2 fully saturated rings. The van der Waals surface area contributed by atoms with Crippen LogP contribution in [0.25, 0.3) is 0 Å². The minimum atomic E-state index is -0.551. The number of nitrogens with two attached hydrogens (primary N) is 1. The van der Waals surface area contributed by atoms with Gasteiger partial charge in [0.25, 0.3) is 11.8 Å². The molecule has 3 amide bonds. The van der Waals surface area contributed by atoms with Crippen molar-refractivity contribution in [1.29, 1.82) is 0 Å². The number of hydrogen-bond donors (Lipinski definition) is 2. The molecule has 0 spiro atoms. The van der Waals surface area contributed by atoms with E-state index >= 15 is 0 Å². The first kappa shape index (κ1) is 23.5. The van der Waals surface area contributed by atoms with Crippen molar-refractivity contribution in [2.75, 3.05) is 43.4 Å². The number of anilines is 3. The first-order valence-corrected chi connectivity index (χ1v) is 11.8. The average Bonchev–Trinajstić information content (AvgIpc) is 3.38. The predicted octanol–water partition coefficient (Wildman–Crippen LogP) is 2.61. The molecule has 1 aromatic carbocycles. The second-order valence-corrected chi connectivity index (χ2v) is 9.02. The van der Waals surface area contributed by atoms with Gasteiger partial charge in [-0.3, -0.25) is 14.4 Å². The lowest BCUT2D eigenvalue weighted by molar-refractivity contribution is -0.129. The van der Waals surface area contributed by atoms with E-state index in [2.05, 4.69) is 10.3 Å². The van der Waals surface area contributed by atoms with Crippen molar-refractivity contribution in [3.05, 3.63) is 47.7 Å². The maximum Gasteiger partial charge on any atom is 0.253 e. The lowest BCUT2D eigenvalue weighted by Crippen LogP contribution is -2.48. The number of carbonyl (C=O) groups is 3. The zero-order chi connectivity index (χ0) is 24.2. The van der Waals surface area contributed by atoms with Gasteiger partial charge in [-0.25, -0.2) is 4.98 Å². The molecule has 0 saturated carbocycles. The smallest absolute Gasteiger partial charge is 0.253 e. The van der Waals surface area contributed by atoms with Gasteiger partial charge in [-0.15, -0.1) is 0 Å². The molecule has 0 radical (unpaired) electrons. The van der Waals surface area contributed by atoms with Crippen LogP contribution < -0.4 is 16.0 Å². The summed E-state index contributed by atoms with van der Waals surface area (Å²) in [5, 5.41) is 3.25. The highest BCUT2D eigenvalue weighted by molar-refractivity contribution is 5.99. The van der Waals surface area contributed by atoms with Crippen LogP contribution in [0, 0.1) is 0 Å². The maximum absolute atomic E-state index is 12.6. The summed E-state index contributed by atoms with van der Waals surface area (Å²) in [6.07, 6.45) is 5.41. The number of nitrogens with one attached hydrogen (secondary N) is 1. The Balaban J connectivity index is 1.52. The van der Waals surface area contributed by atoms with Crippen LogP contribution in [0.15, 0.2) is 36.5 Å². The van der Waals surface area contributed by atoms with E-state index in [4.69, 9.17) is 5.73 Å². The van der Waals surface area contributed by atoms with E-state index in [9.17, 15) is 14.4 Å². The molecule has 34 heavy (non-hydrogen) atoms. The number of carbonyl (C=O) groups excluding carboxylic acids is 3. The van der Waals surface area contributed by atoms with Crippen molar-refractivity contribution in [3.63, 3.8) is 0 Å². The third-order valence-electron chi connectivity index (χ3n) is 6.71. The predicted molar refractivity (Wildman–Crippen MR) is 131 cm³/mol. The van der Waals surface area contributed by atoms with Gasteiger partial charge >= 0.3 is 0 Å². The molecule has 180 valence electrons. The molecule has 2 aliphatic heterocycles. The molecule has 2 saturated heterocycles. The lowest BCUT2D eigenvalue weighted by atomic mass is 10.0. The second-order valence-electron chi connectivity index (χ2n) is 9.02. The largest absolute Gasteiger partial charge is 0.369 e. The van der Waals surface area contributed by atoms with Crippen LogP contribution in [0.1, 0.15) is 53.3 Å². The summed E-state index contributed by atoms with van der Waals surface area (Å²) in [4.78, 5) is 46.6. The topological polar surface area (TPSA) is 112 Å². The van der Waals surface area contributed by atoms with Crippen LogP contribution in [0.5, 0.6) is 0 Å². The highest BCUT2D eigenvalue weighted by atomic mass is 16.2. The lowest BCUT2D eigenvalue weighted by Gasteiger charge is -2.38. The first-order valence-electron chi connectivity index (χ1n) is 11.8. The van der Waals surface area contributed by atoms with Crippen molar-refractivity contribution in [2.24, 2.45) is 5.73 Å². The van der Waals surface area contributed by atoms with Gasteiger partial charge < -0.3 is 25.8 Å². The molecule has 2 aliphatic rings. The van der Waals surface area contributed by atoms with Gasteiger partial charge in [0.2, 0.25) is 5.91 Å². The Kier molecular flexibility index (Phi) is 7.00. The fourth-order valence-electron chi connectivity index (χ4n) is 4.70. The molecule has 2 aromatic rings. The summed E-state index contributed by atoms with van der Waals surface area (Å²) in [7, 11) is 1.92. The number of hydrogen-bond acceptors (Lipinski definition) is 6. The SMILES string of the molecule is CC(=O)N1CCC[C@@H](N(C)c2cc(Nc3ccc(C(=O)N4CCCC4)cc3)ncc2C(N)=O)C1.